The van der Waals surface area contributed by atoms with Crippen LogP contribution in [0, 0.1) is 0 Å². The van der Waals surface area contributed by atoms with Crippen LogP contribution in [-0.2, 0) is 0 Å². The molecule has 4 nitrogen and oxygen atoms in total. The molecule has 0 radical (unpaired) electrons. The summed E-state index contributed by atoms with van der Waals surface area (Å²) in [6, 6.07) is 10.6. The van der Waals surface area contributed by atoms with Gasteiger partial charge in [0.2, 0.25) is 0 Å². The Morgan fingerprint density at radius 3 is 2.62 bits per heavy atom. The minimum atomic E-state index is -0.501. The van der Waals surface area contributed by atoms with Crippen molar-refractivity contribution in [2.45, 2.75) is 31.5 Å². The van der Waals surface area contributed by atoms with Crippen molar-refractivity contribution < 1.29 is 14.3 Å². The lowest BCUT2D eigenvalue weighted by atomic mass is 10.2. The largest absolute Gasteiger partial charge is 0.448 e. The molecule has 0 aromatic heterocycles. The van der Waals surface area contributed by atoms with Crippen LogP contribution >= 0.6 is 27.5 Å². The third kappa shape index (κ3) is 2.87. The van der Waals surface area contributed by atoms with Crippen LogP contribution in [-0.4, -0.2) is 11.7 Å². The van der Waals surface area contributed by atoms with Crippen molar-refractivity contribution in [3.05, 3.63) is 51.5 Å². The van der Waals surface area contributed by atoms with Gasteiger partial charge in [0.05, 0.1) is 10.6 Å². The van der Waals surface area contributed by atoms with Crippen molar-refractivity contribution in [1.82, 2.24) is 0 Å². The molecule has 1 N–H and O–H groups in total. The number of hydrogen-bond acceptors (Lipinski definition) is 3. The summed E-state index contributed by atoms with van der Waals surface area (Å²) in [5.41, 5.74) is 1.06. The van der Waals surface area contributed by atoms with Crippen molar-refractivity contribution >= 4 is 39.1 Å². The summed E-state index contributed by atoms with van der Waals surface area (Å²) in [7, 11) is 0. The number of anilines is 1. The van der Waals surface area contributed by atoms with Gasteiger partial charge in [0, 0.05) is 29.1 Å². The van der Waals surface area contributed by atoms with E-state index in [0.29, 0.717) is 22.0 Å². The number of benzene rings is 2. The van der Waals surface area contributed by atoms with Crippen LogP contribution in [0.4, 0.5) is 5.69 Å². The number of fused-ring (bicyclic) bond motifs is 1. The van der Waals surface area contributed by atoms with Crippen LogP contribution in [0.5, 0.6) is 11.5 Å². The summed E-state index contributed by atoms with van der Waals surface area (Å²) < 4.78 is 12.8. The number of carbonyl (C=O) groups excluding carboxylic acids is 1. The summed E-state index contributed by atoms with van der Waals surface area (Å²) >= 11 is 9.46. The number of carbonyl (C=O) groups is 1. The van der Waals surface area contributed by atoms with Crippen molar-refractivity contribution in [3.8, 4) is 11.5 Å². The standard InChI is InChI=1S/C18H15BrClNO3/c19-11-3-5-14(20)13(9-11)17(22)21-12-4-6-15-16(10-12)24-18(23-15)7-1-2-8-18/h3-6,9-10H,1-2,7-8H2,(H,21,22). The normalized spacial score (nSPS) is 17.2. The molecule has 24 heavy (non-hydrogen) atoms. The number of nitrogens with one attached hydrogen (secondary N) is 1. The minimum absolute atomic E-state index is 0.268. The molecule has 124 valence electrons. The Hall–Kier alpha value is -1.72. The van der Waals surface area contributed by atoms with E-state index < -0.39 is 5.79 Å². The third-order valence-electron chi connectivity index (χ3n) is 4.33. The highest BCUT2D eigenvalue weighted by molar-refractivity contribution is 9.10. The Kier molecular flexibility index (Phi) is 3.93. The molecular formula is C18H15BrClNO3. The first-order chi connectivity index (χ1) is 11.5. The summed E-state index contributed by atoms with van der Waals surface area (Å²) in [5, 5.41) is 3.26. The summed E-state index contributed by atoms with van der Waals surface area (Å²) in [6.45, 7) is 0. The van der Waals surface area contributed by atoms with Crippen molar-refractivity contribution in [2.75, 3.05) is 5.32 Å². The first kappa shape index (κ1) is 15.8. The van der Waals surface area contributed by atoms with Crippen LogP contribution in [0.1, 0.15) is 36.0 Å². The SMILES string of the molecule is O=C(Nc1ccc2c(c1)OC1(CCCC1)O2)c1cc(Br)ccc1Cl. The molecule has 0 atom stereocenters. The molecule has 2 aromatic rings. The smallest absolute Gasteiger partial charge is 0.257 e. The number of halogens is 2. The Morgan fingerprint density at radius 2 is 1.83 bits per heavy atom. The summed E-state index contributed by atoms with van der Waals surface area (Å²) in [6.07, 6.45) is 4.02. The molecule has 6 heteroatoms. The molecule has 1 aliphatic carbocycles. The van der Waals surface area contributed by atoms with E-state index in [-0.39, 0.29) is 5.91 Å². The van der Waals surface area contributed by atoms with Gasteiger partial charge >= 0.3 is 0 Å². The maximum absolute atomic E-state index is 12.4. The predicted molar refractivity (Wildman–Crippen MR) is 96.0 cm³/mol. The van der Waals surface area contributed by atoms with E-state index in [1.807, 2.05) is 6.07 Å². The maximum atomic E-state index is 12.4. The van der Waals surface area contributed by atoms with Crippen molar-refractivity contribution in [2.24, 2.45) is 0 Å². The molecule has 0 unspecified atom stereocenters. The maximum Gasteiger partial charge on any atom is 0.257 e. The van der Waals surface area contributed by atoms with Gasteiger partial charge in [-0.05, 0) is 43.2 Å². The zero-order valence-electron chi connectivity index (χ0n) is 12.8. The van der Waals surface area contributed by atoms with Gasteiger partial charge in [0.25, 0.3) is 11.7 Å². The monoisotopic (exact) mass is 407 g/mol. The second kappa shape index (κ2) is 5.97. The molecule has 2 aromatic carbocycles. The van der Waals surface area contributed by atoms with Gasteiger partial charge in [0.15, 0.2) is 11.5 Å². The summed E-state index contributed by atoms with van der Waals surface area (Å²) in [5.74, 6) is 0.639. The Balaban J connectivity index is 1.54. The van der Waals surface area contributed by atoms with Crippen molar-refractivity contribution in [1.29, 1.82) is 0 Å². The molecule has 1 aliphatic heterocycles. The van der Waals surface area contributed by atoms with Gasteiger partial charge < -0.3 is 14.8 Å². The lowest BCUT2D eigenvalue weighted by molar-refractivity contribution is -0.0716. The van der Waals surface area contributed by atoms with Crippen LogP contribution in [0.15, 0.2) is 40.9 Å². The lowest BCUT2D eigenvalue weighted by Crippen LogP contribution is -2.34. The number of amides is 1. The van der Waals surface area contributed by atoms with Gasteiger partial charge in [-0.3, -0.25) is 4.79 Å². The van der Waals surface area contributed by atoms with E-state index in [9.17, 15) is 4.79 Å². The fourth-order valence-electron chi connectivity index (χ4n) is 3.16. The molecule has 1 fully saturated rings. The quantitative estimate of drug-likeness (QED) is 0.724. The summed E-state index contributed by atoms with van der Waals surface area (Å²) in [4.78, 5) is 12.4. The van der Waals surface area contributed by atoms with E-state index in [4.69, 9.17) is 21.1 Å². The zero-order chi connectivity index (χ0) is 16.7. The molecule has 1 saturated carbocycles. The molecule has 0 bridgehead atoms. The van der Waals surface area contributed by atoms with E-state index in [2.05, 4.69) is 21.2 Å². The zero-order valence-corrected chi connectivity index (χ0v) is 15.1. The predicted octanol–water partition coefficient (Wildman–Crippen LogP) is 5.40. The average molecular weight is 409 g/mol. The van der Waals surface area contributed by atoms with Crippen LogP contribution in [0.2, 0.25) is 5.02 Å². The molecular weight excluding hydrogens is 394 g/mol. The number of rotatable bonds is 2. The van der Waals surface area contributed by atoms with Gasteiger partial charge in [-0.1, -0.05) is 27.5 Å². The van der Waals surface area contributed by atoms with Gasteiger partial charge in [-0.25, -0.2) is 0 Å². The Bertz CT molecular complexity index is 818. The van der Waals surface area contributed by atoms with E-state index in [1.165, 1.54) is 0 Å². The molecule has 0 saturated heterocycles. The Morgan fingerprint density at radius 1 is 1.08 bits per heavy atom. The van der Waals surface area contributed by atoms with Gasteiger partial charge in [0.1, 0.15) is 0 Å². The second-order valence-corrected chi connectivity index (χ2v) is 7.38. The van der Waals surface area contributed by atoms with Gasteiger partial charge in [-0.2, -0.15) is 0 Å². The molecule has 2 aliphatic rings. The molecule has 1 spiro atoms. The molecule has 4 rings (SSSR count). The number of ether oxygens (including phenoxy) is 2. The van der Waals surface area contributed by atoms with Crippen LogP contribution in [0.3, 0.4) is 0 Å². The topological polar surface area (TPSA) is 47.6 Å². The lowest BCUT2D eigenvalue weighted by Gasteiger charge is -2.21. The van der Waals surface area contributed by atoms with Crippen LogP contribution < -0.4 is 14.8 Å². The second-order valence-electron chi connectivity index (χ2n) is 6.06. The first-order valence-electron chi connectivity index (χ1n) is 7.83. The Labute approximate surface area is 153 Å². The third-order valence-corrected chi connectivity index (χ3v) is 5.15. The highest BCUT2D eigenvalue weighted by atomic mass is 79.9. The average Bonchev–Trinajstić information content (AvgIpc) is 3.15. The first-order valence-corrected chi connectivity index (χ1v) is 9.00. The van der Waals surface area contributed by atoms with Gasteiger partial charge in [-0.15, -0.1) is 0 Å². The highest BCUT2D eigenvalue weighted by Gasteiger charge is 2.44. The highest BCUT2D eigenvalue weighted by Crippen LogP contribution is 2.47. The molecule has 1 amide bonds. The minimum Gasteiger partial charge on any atom is -0.448 e. The van der Waals surface area contributed by atoms with E-state index in [0.717, 1.165) is 35.9 Å². The van der Waals surface area contributed by atoms with E-state index >= 15 is 0 Å². The van der Waals surface area contributed by atoms with Crippen LogP contribution in [0.25, 0.3) is 0 Å². The number of hydrogen-bond donors (Lipinski definition) is 1. The van der Waals surface area contributed by atoms with Crippen molar-refractivity contribution in [3.63, 3.8) is 0 Å². The fourth-order valence-corrected chi connectivity index (χ4v) is 3.72. The van der Waals surface area contributed by atoms with E-state index in [1.54, 1.807) is 30.3 Å². The molecule has 1 heterocycles. The fraction of sp³-hybridized carbons (Fsp3) is 0.278.